The van der Waals surface area contributed by atoms with Gasteiger partial charge in [0.15, 0.2) is 0 Å². The molecule has 2 aromatic rings. The lowest BCUT2D eigenvalue weighted by molar-refractivity contribution is -0.134. The molecule has 0 aliphatic carbocycles. The first kappa shape index (κ1) is 20.4. The number of hydrogen-bond donors (Lipinski definition) is 2. The van der Waals surface area contributed by atoms with Crippen LogP contribution >= 0.6 is 0 Å². The number of hydrogen-bond acceptors (Lipinski definition) is 4. The molecule has 1 heterocycles. The van der Waals surface area contributed by atoms with Crippen LogP contribution in [0.15, 0.2) is 42.5 Å². The van der Waals surface area contributed by atoms with Gasteiger partial charge in [-0.3, -0.25) is 14.5 Å². The molecule has 0 saturated carbocycles. The van der Waals surface area contributed by atoms with Gasteiger partial charge in [-0.05, 0) is 61.2 Å². The lowest BCUT2D eigenvalue weighted by Gasteiger charge is -2.26. The number of anilines is 1. The first-order valence-corrected chi connectivity index (χ1v) is 9.46. The number of carbonyl (C=O) groups is 3. The topological polar surface area (TPSA) is 87.7 Å². The van der Waals surface area contributed by atoms with Crippen LogP contribution in [0.4, 0.5) is 10.5 Å². The van der Waals surface area contributed by atoms with Crippen molar-refractivity contribution in [3.8, 4) is 5.75 Å². The second kappa shape index (κ2) is 7.95. The molecule has 1 aliphatic rings. The van der Waals surface area contributed by atoms with E-state index in [-0.39, 0.29) is 6.54 Å². The lowest BCUT2D eigenvalue weighted by atomic mass is 9.87. The number of aryl methyl sites for hydroxylation is 2. The van der Waals surface area contributed by atoms with Crippen LogP contribution in [0.1, 0.15) is 30.0 Å². The highest BCUT2D eigenvalue weighted by Gasteiger charge is 2.51. The van der Waals surface area contributed by atoms with Gasteiger partial charge < -0.3 is 15.4 Å². The Hall–Kier alpha value is -3.35. The number of benzene rings is 2. The Morgan fingerprint density at radius 1 is 1.10 bits per heavy atom. The van der Waals surface area contributed by atoms with Gasteiger partial charge in [0.25, 0.3) is 5.91 Å². The summed E-state index contributed by atoms with van der Waals surface area (Å²) in [5.74, 6) is -0.215. The summed E-state index contributed by atoms with van der Waals surface area (Å²) in [5.41, 5.74) is 2.12. The number of methoxy groups -OCH3 is 1. The zero-order valence-electron chi connectivity index (χ0n) is 17.0. The molecule has 7 heteroatoms. The molecule has 3 rings (SSSR count). The number of nitrogens with one attached hydrogen (secondary N) is 2. The highest BCUT2D eigenvalue weighted by molar-refractivity contribution is 6.10. The van der Waals surface area contributed by atoms with Gasteiger partial charge in [0.05, 0.1) is 7.11 Å². The molecule has 4 amide bonds. The van der Waals surface area contributed by atoms with Crippen LogP contribution in [0.5, 0.6) is 5.75 Å². The van der Waals surface area contributed by atoms with Gasteiger partial charge in [0, 0.05) is 5.69 Å². The zero-order chi connectivity index (χ0) is 21.2. The highest BCUT2D eigenvalue weighted by atomic mass is 16.5. The Bertz CT molecular complexity index is 935. The van der Waals surface area contributed by atoms with Crippen LogP contribution in [0.2, 0.25) is 0 Å². The van der Waals surface area contributed by atoms with E-state index in [9.17, 15) is 14.4 Å². The summed E-state index contributed by atoms with van der Waals surface area (Å²) < 4.78 is 5.16. The fourth-order valence-corrected chi connectivity index (χ4v) is 3.68. The number of rotatable bonds is 6. The molecule has 1 saturated heterocycles. The molecular formula is C22H25N3O4. The summed E-state index contributed by atoms with van der Waals surface area (Å²) in [6.45, 7) is 5.34. The van der Waals surface area contributed by atoms with E-state index in [1.54, 1.807) is 31.4 Å². The average Bonchev–Trinajstić information content (AvgIpc) is 2.92. The number of carbonyl (C=O) groups excluding carboxylic acids is 3. The van der Waals surface area contributed by atoms with Crippen molar-refractivity contribution in [2.75, 3.05) is 19.0 Å². The molecule has 152 valence electrons. The van der Waals surface area contributed by atoms with Crippen LogP contribution in [0, 0.1) is 13.8 Å². The van der Waals surface area contributed by atoms with Crippen molar-refractivity contribution < 1.29 is 19.1 Å². The van der Waals surface area contributed by atoms with E-state index in [0.29, 0.717) is 23.4 Å². The van der Waals surface area contributed by atoms with Crippen molar-refractivity contribution in [3.63, 3.8) is 0 Å². The Morgan fingerprint density at radius 3 is 2.28 bits per heavy atom. The Morgan fingerprint density at radius 2 is 1.72 bits per heavy atom. The first-order valence-electron chi connectivity index (χ1n) is 9.46. The molecule has 1 atom stereocenters. The standard InChI is InChI=1S/C22H25N3O4/c1-5-22(16-6-8-18(29-4)9-7-16)20(27)25(21(28)24-22)13-19(26)23-17-11-14(2)10-15(3)12-17/h6-12H,5,13H2,1-4H3,(H,23,26)(H,24,28)/t22-/m1/s1. The van der Waals surface area contributed by atoms with Gasteiger partial charge in [0.2, 0.25) is 5.91 Å². The predicted octanol–water partition coefficient (Wildman–Crippen LogP) is 3.11. The van der Waals surface area contributed by atoms with Crippen molar-refractivity contribution >= 4 is 23.5 Å². The molecule has 29 heavy (non-hydrogen) atoms. The quantitative estimate of drug-likeness (QED) is 0.736. The molecule has 2 aromatic carbocycles. The molecule has 0 spiro atoms. The van der Waals surface area contributed by atoms with Crippen molar-refractivity contribution in [2.24, 2.45) is 0 Å². The predicted molar refractivity (Wildman–Crippen MR) is 110 cm³/mol. The van der Waals surface area contributed by atoms with E-state index >= 15 is 0 Å². The minimum atomic E-state index is -1.19. The SMILES string of the molecule is CC[C@]1(c2ccc(OC)cc2)NC(=O)N(CC(=O)Nc2cc(C)cc(C)c2)C1=O. The fraction of sp³-hybridized carbons (Fsp3) is 0.318. The van der Waals surface area contributed by atoms with Gasteiger partial charge >= 0.3 is 6.03 Å². The van der Waals surface area contributed by atoms with Crippen molar-refractivity contribution in [1.29, 1.82) is 0 Å². The Kier molecular flexibility index (Phi) is 5.59. The van der Waals surface area contributed by atoms with E-state index in [0.717, 1.165) is 16.0 Å². The second-order valence-electron chi connectivity index (χ2n) is 7.23. The van der Waals surface area contributed by atoms with Gasteiger partial charge in [-0.15, -0.1) is 0 Å². The van der Waals surface area contributed by atoms with Gasteiger partial charge in [-0.2, -0.15) is 0 Å². The summed E-state index contributed by atoms with van der Waals surface area (Å²) >= 11 is 0. The summed E-state index contributed by atoms with van der Waals surface area (Å²) in [6, 6.07) is 12.1. The third-order valence-corrected chi connectivity index (χ3v) is 5.10. The maximum absolute atomic E-state index is 13.2. The van der Waals surface area contributed by atoms with Gasteiger partial charge in [-0.1, -0.05) is 25.1 Å². The van der Waals surface area contributed by atoms with Crippen LogP contribution in [0.3, 0.4) is 0 Å². The van der Waals surface area contributed by atoms with Gasteiger partial charge in [0.1, 0.15) is 17.8 Å². The monoisotopic (exact) mass is 395 g/mol. The van der Waals surface area contributed by atoms with E-state index < -0.39 is 23.4 Å². The van der Waals surface area contributed by atoms with E-state index in [1.807, 2.05) is 39.0 Å². The van der Waals surface area contributed by atoms with Gasteiger partial charge in [-0.25, -0.2) is 4.79 Å². The molecule has 0 aromatic heterocycles. The van der Waals surface area contributed by atoms with E-state index in [2.05, 4.69) is 10.6 Å². The zero-order valence-corrected chi connectivity index (χ0v) is 17.0. The van der Waals surface area contributed by atoms with Crippen LogP contribution < -0.4 is 15.4 Å². The molecule has 0 radical (unpaired) electrons. The average molecular weight is 395 g/mol. The number of imide groups is 1. The van der Waals surface area contributed by atoms with Crippen molar-refractivity contribution in [2.45, 2.75) is 32.7 Å². The largest absolute Gasteiger partial charge is 0.497 e. The number of ether oxygens (including phenoxy) is 1. The maximum atomic E-state index is 13.2. The molecule has 0 unspecified atom stereocenters. The van der Waals surface area contributed by atoms with E-state index in [1.165, 1.54) is 0 Å². The number of amides is 4. The Balaban J connectivity index is 1.79. The molecular weight excluding hydrogens is 370 g/mol. The third-order valence-electron chi connectivity index (χ3n) is 5.10. The lowest BCUT2D eigenvalue weighted by Crippen LogP contribution is -2.44. The molecule has 1 fully saturated rings. The molecule has 0 bridgehead atoms. The minimum absolute atomic E-state index is 0.352. The third kappa shape index (κ3) is 3.94. The van der Waals surface area contributed by atoms with E-state index in [4.69, 9.17) is 4.74 Å². The smallest absolute Gasteiger partial charge is 0.325 e. The summed E-state index contributed by atoms with van der Waals surface area (Å²) in [5, 5.41) is 5.54. The van der Waals surface area contributed by atoms with Crippen LogP contribution in [0.25, 0.3) is 0 Å². The summed E-state index contributed by atoms with van der Waals surface area (Å²) in [6.07, 6.45) is 0.360. The summed E-state index contributed by atoms with van der Waals surface area (Å²) in [4.78, 5) is 39.2. The maximum Gasteiger partial charge on any atom is 0.325 e. The first-order chi connectivity index (χ1) is 13.8. The van der Waals surface area contributed by atoms with Crippen LogP contribution in [-0.2, 0) is 15.1 Å². The molecule has 7 nitrogen and oxygen atoms in total. The van der Waals surface area contributed by atoms with Crippen molar-refractivity contribution in [3.05, 3.63) is 59.2 Å². The Labute approximate surface area is 170 Å². The molecule has 2 N–H and O–H groups in total. The number of nitrogens with zero attached hydrogens (tertiary/aromatic N) is 1. The highest BCUT2D eigenvalue weighted by Crippen LogP contribution is 2.33. The van der Waals surface area contributed by atoms with Crippen molar-refractivity contribution in [1.82, 2.24) is 10.2 Å². The number of urea groups is 1. The minimum Gasteiger partial charge on any atom is -0.497 e. The normalized spacial score (nSPS) is 18.6. The second-order valence-corrected chi connectivity index (χ2v) is 7.23. The summed E-state index contributed by atoms with van der Waals surface area (Å²) in [7, 11) is 1.56. The van der Waals surface area contributed by atoms with Crippen LogP contribution in [-0.4, -0.2) is 36.4 Å². The fourth-order valence-electron chi connectivity index (χ4n) is 3.68. The molecule has 1 aliphatic heterocycles.